The minimum Gasteiger partial charge on any atom is -0.324 e. The maximum atomic E-state index is 6.32. The highest BCUT2D eigenvalue weighted by Crippen LogP contribution is 2.28. The molecule has 1 aliphatic heterocycles. The molecule has 0 radical (unpaired) electrons. The molecule has 0 spiro atoms. The summed E-state index contributed by atoms with van der Waals surface area (Å²) in [5, 5.41) is 0.762. The number of likely N-dealkylation sites (tertiary alicyclic amines) is 1. The Hall–Kier alpha value is -0.0900. The minimum absolute atomic E-state index is 0.0232. The topological polar surface area (TPSA) is 29.3 Å². The van der Waals surface area contributed by atoms with Gasteiger partial charge in [0.25, 0.3) is 0 Å². The number of piperidine rings is 1. The quantitative estimate of drug-likeness (QED) is 0.821. The van der Waals surface area contributed by atoms with E-state index >= 15 is 0 Å². The van der Waals surface area contributed by atoms with Crippen molar-refractivity contribution in [2.75, 3.05) is 13.1 Å². The first-order chi connectivity index (χ1) is 9.61. The zero-order valence-electron chi connectivity index (χ0n) is 12.1. The third-order valence-corrected chi connectivity index (χ3v) is 5.13. The Labute approximate surface area is 135 Å². The van der Waals surface area contributed by atoms with Crippen molar-refractivity contribution >= 4 is 27.5 Å². The average Bonchev–Trinajstić information content (AvgIpc) is 2.45. The molecule has 112 valence electrons. The van der Waals surface area contributed by atoms with Crippen molar-refractivity contribution in [3.05, 3.63) is 33.3 Å². The fraction of sp³-hybridized carbons (Fsp3) is 0.625. The molecule has 0 bridgehead atoms. The van der Waals surface area contributed by atoms with Crippen LogP contribution >= 0.6 is 27.5 Å². The summed E-state index contributed by atoms with van der Waals surface area (Å²) in [5.74, 6) is 0. The van der Waals surface area contributed by atoms with E-state index in [1.54, 1.807) is 0 Å². The summed E-state index contributed by atoms with van der Waals surface area (Å²) >= 11 is 9.71. The molecule has 1 heterocycles. The van der Waals surface area contributed by atoms with E-state index in [0.717, 1.165) is 34.1 Å². The van der Waals surface area contributed by atoms with Crippen LogP contribution in [0.1, 0.15) is 50.6 Å². The molecule has 1 saturated heterocycles. The van der Waals surface area contributed by atoms with Crippen molar-refractivity contribution in [1.29, 1.82) is 0 Å². The summed E-state index contributed by atoms with van der Waals surface area (Å²) in [4.78, 5) is 2.61. The number of halogens is 2. The SMILES string of the molecule is CCC1CCCCN1CCC(N)c1ccc(Br)cc1Cl. The molecule has 4 heteroatoms. The molecule has 20 heavy (non-hydrogen) atoms. The van der Waals surface area contributed by atoms with Crippen molar-refractivity contribution in [3.63, 3.8) is 0 Å². The van der Waals surface area contributed by atoms with Crippen LogP contribution in [-0.2, 0) is 0 Å². The summed E-state index contributed by atoms with van der Waals surface area (Å²) in [6.45, 7) is 4.58. The first-order valence-corrected chi connectivity index (χ1v) is 8.73. The molecular formula is C16H24BrClN2. The van der Waals surface area contributed by atoms with Crippen molar-refractivity contribution < 1.29 is 0 Å². The van der Waals surface area contributed by atoms with Crippen LogP contribution in [0.15, 0.2) is 22.7 Å². The van der Waals surface area contributed by atoms with Crippen molar-refractivity contribution in [2.45, 2.75) is 51.1 Å². The summed E-state index contributed by atoms with van der Waals surface area (Å²) in [7, 11) is 0. The third kappa shape index (κ3) is 4.20. The van der Waals surface area contributed by atoms with Crippen LogP contribution in [0.25, 0.3) is 0 Å². The van der Waals surface area contributed by atoms with Gasteiger partial charge in [-0.15, -0.1) is 0 Å². The highest BCUT2D eigenvalue weighted by Gasteiger charge is 2.21. The van der Waals surface area contributed by atoms with E-state index in [0.29, 0.717) is 0 Å². The van der Waals surface area contributed by atoms with Crippen LogP contribution < -0.4 is 5.73 Å². The number of nitrogens with zero attached hydrogens (tertiary/aromatic N) is 1. The number of benzene rings is 1. The molecule has 2 N–H and O–H groups in total. The van der Waals surface area contributed by atoms with Crippen LogP contribution in [-0.4, -0.2) is 24.0 Å². The Bertz CT molecular complexity index is 438. The monoisotopic (exact) mass is 358 g/mol. The summed E-state index contributed by atoms with van der Waals surface area (Å²) in [6.07, 6.45) is 6.25. The van der Waals surface area contributed by atoms with Gasteiger partial charge in [-0.2, -0.15) is 0 Å². The lowest BCUT2D eigenvalue weighted by atomic mass is 9.98. The lowest BCUT2D eigenvalue weighted by molar-refractivity contribution is 0.139. The summed E-state index contributed by atoms with van der Waals surface area (Å²) < 4.78 is 1.00. The summed E-state index contributed by atoms with van der Waals surface area (Å²) in [5.41, 5.74) is 7.38. The van der Waals surface area contributed by atoms with Crippen LogP contribution in [0.2, 0.25) is 5.02 Å². The zero-order valence-corrected chi connectivity index (χ0v) is 14.5. The Morgan fingerprint density at radius 2 is 2.25 bits per heavy atom. The predicted molar refractivity (Wildman–Crippen MR) is 90.2 cm³/mol. The van der Waals surface area contributed by atoms with E-state index in [-0.39, 0.29) is 6.04 Å². The van der Waals surface area contributed by atoms with Gasteiger partial charge in [0.05, 0.1) is 0 Å². The van der Waals surface area contributed by atoms with Crippen molar-refractivity contribution in [3.8, 4) is 0 Å². The van der Waals surface area contributed by atoms with Gasteiger partial charge in [0, 0.05) is 28.1 Å². The number of hydrogen-bond donors (Lipinski definition) is 1. The van der Waals surface area contributed by atoms with Crippen LogP contribution in [0.4, 0.5) is 0 Å². The number of nitrogens with two attached hydrogens (primary N) is 1. The molecule has 1 aromatic rings. The molecule has 1 aromatic carbocycles. The Morgan fingerprint density at radius 3 is 2.95 bits per heavy atom. The lowest BCUT2D eigenvalue weighted by Gasteiger charge is -2.35. The predicted octanol–water partition coefficient (Wildman–Crippen LogP) is 4.76. The zero-order chi connectivity index (χ0) is 14.5. The van der Waals surface area contributed by atoms with Gasteiger partial charge in [0.1, 0.15) is 0 Å². The standard InChI is InChI=1S/C16H24BrClN2/c1-2-13-5-3-4-9-20(13)10-8-16(19)14-7-6-12(17)11-15(14)18/h6-7,11,13,16H,2-5,8-10,19H2,1H3. The average molecular weight is 360 g/mol. The van der Waals surface area contributed by atoms with E-state index in [1.807, 2.05) is 18.2 Å². The molecule has 2 unspecified atom stereocenters. The largest absolute Gasteiger partial charge is 0.324 e. The second-order valence-electron chi connectivity index (χ2n) is 5.65. The van der Waals surface area contributed by atoms with Gasteiger partial charge < -0.3 is 10.6 Å². The molecule has 0 saturated carbocycles. The van der Waals surface area contributed by atoms with E-state index in [4.69, 9.17) is 17.3 Å². The maximum absolute atomic E-state index is 6.32. The molecule has 2 rings (SSSR count). The van der Waals surface area contributed by atoms with E-state index in [9.17, 15) is 0 Å². The Morgan fingerprint density at radius 1 is 1.45 bits per heavy atom. The fourth-order valence-electron chi connectivity index (χ4n) is 3.08. The molecule has 0 amide bonds. The second-order valence-corrected chi connectivity index (χ2v) is 6.98. The van der Waals surface area contributed by atoms with Gasteiger partial charge in [-0.3, -0.25) is 0 Å². The van der Waals surface area contributed by atoms with Gasteiger partial charge >= 0.3 is 0 Å². The highest BCUT2D eigenvalue weighted by atomic mass is 79.9. The smallest absolute Gasteiger partial charge is 0.0464 e. The van der Waals surface area contributed by atoms with E-state index < -0.39 is 0 Å². The Balaban J connectivity index is 1.92. The fourth-order valence-corrected chi connectivity index (χ4v) is 3.89. The molecule has 2 nitrogen and oxygen atoms in total. The summed E-state index contributed by atoms with van der Waals surface area (Å²) in [6, 6.07) is 6.74. The molecule has 1 aliphatic rings. The van der Waals surface area contributed by atoms with E-state index in [1.165, 1.54) is 32.2 Å². The second kappa shape index (κ2) is 7.79. The van der Waals surface area contributed by atoms with Gasteiger partial charge in [-0.25, -0.2) is 0 Å². The first kappa shape index (κ1) is 16.3. The lowest BCUT2D eigenvalue weighted by Crippen LogP contribution is -2.40. The Kier molecular flexibility index (Phi) is 6.34. The first-order valence-electron chi connectivity index (χ1n) is 7.56. The van der Waals surface area contributed by atoms with Crippen molar-refractivity contribution in [1.82, 2.24) is 4.90 Å². The highest BCUT2D eigenvalue weighted by molar-refractivity contribution is 9.10. The minimum atomic E-state index is 0.0232. The molecule has 1 fully saturated rings. The molecule has 2 atom stereocenters. The van der Waals surface area contributed by atoms with Crippen LogP contribution in [0.3, 0.4) is 0 Å². The normalized spacial score (nSPS) is 21.9. The van der Waals surface area contributed by atoms with Gasteiger partial charge in [0.2, 0.25) is 0 Å². The van der Waals surface area contributed by atoms with Crippen molar-refractivity contribution in [2.24, 2.45) is 5.73 Å². The molecular weight excluding hydrogens is 336 g/mol. The molecule has 0 aliphatic carbocycles. The molecule has 0 aromatic heterocycles. The number of rotatable bonds is 5. The van der Waals surface area contributed by atoms with Gasteiger partial charge in [-0.1, -0.05) is 46.9 Å². The van der Waals surface area contributed by atoms with E-state index in [2.05, 4.69) is 27.8 Å². The van der Waals surface area contributed by atoms with Gasteiger partial charge in [-0.05, 0) is 49.9 Å². The van der Waals surface area contributed by atoms with Crippen LogP contribution in [0, 0.1) is 0 Å². The third-order valence-electron chi connectivity index (χ3n) is 4.31. The van der Waals surface area contributed by atoms with Crippen LogP contribution in [0.5, 0.6) is 0 Å². The maximum Gasteiger partial charge on any atom is 0.0464 e. The van der Waals surface area contributed by atoms with Gasteiger partial charge in [0.15, 0.2) is 0 Å². The number of hydrogen-bond acceptors (Lipinski definition) is 2.